The second kappa shape index (κ2) is 7.60. The van der Waals surface area contributed by atoms with Gasteiger partial charge < -0.3 is 19.9 Å². The van der Waals surface area contributed by atoms with Crippen molar-refractivity contribution in [3.05, 3.63) is 40.3 Å². The number of hydrogen-bond donors (Lipinski definition) is 3. The summed E-state index contributed by atoms with van der Waals surface area (Å²) in [4.78, 5) is 22.8. The summed E-state index contributed by atoms with van der Waals surface area (Å²) in [5.41, 5.74) is 1.22. The number of thioether (sulfide) groups is 1. The lowest BCUT2D eigenvalue weighted by Gasteiger charge is -2.10. The van der Waals surface area contributed by atoms with Crippen molar-refractivity contribution >= 4 is 23.4 Å². The van der Waals surface area contributed by atoms with Crippen LogP contribution < -0.4 is 20.3 Å². The summed E-state index contributed by atoms with van der Waals surface area (Å²) in [5, 5.41) is 7.97. The Bertz CT molecular complexity index is 695. The van der Waals surface area contributed by atoms with Crippen molar-refractivity contribution < 1.29 is 14.3 Å². The van der Waals surface area contributed by atoms with Gasteiger partial charge in [0.25, 0.3) is 5.56 Å². The van der Waals surface area contributed by atoms with Gasteiger partial charge in [-0.3, -0.25) is 14.7 Å². The molecule has 0 aliphatic heterocycles. The summed E-state index contributed by atoms with van der Waals surface area (Å²) in [7, 11) is 3.09. The Morgan fingerprint density at radius 2 is 1.95 bits per heavy atom. The number of benzene rings is 1. The molecule has 8 heteroatoms. The molecule has 2 aromatic rings. The number of anilines is 1. The molecule has 1 amide bonds. The van der Waals surface area contributed by atoms with Crippen molar-refractivity contribution in [2.45, 2.75) is 5.75 Å². The van der Waals surface area contributed by atoms with Gasteiger partial charge in [-0.25, -0.2) is 0 Å². The highest BCUT2D eigenvalue weighted by Crippen LogP contribution is 2.29. The number of carbonyl (C=O) groups excluding carboxylic acids is 1. The first kappa shape index (κ1) is 16.0. The van der Waals surface area contributed by atoms with Crippen LogP contribution in [0.25, 0.3) is 0 Å². The van der Waals surface area contributed by atoms with Crippen LogP contribution in [-0.2, 0) is 10.5 Å². The summed E-state index contributed by atoms with van der Waals surface area (Å²) in [6, 6.07) is 6.64. The number of rotatable bonds is 7. The number of ether oxygens (including phenoxy) is 2. The molecule has 0 atom stereocenters. The highest BCUT2D eigenvalue weighted by molar-refractivity contribution is 7.99. The molecule has 1 aromatic heterocycles. The SMILES string of the molecule is COc1ccc(NC(=O)CSCc2cc(=O)[nH][nH]2)cc1OC. The van der Waals surface area contributed by atoms with E-state index in [1.54, 1.807) is 25.3 Å². The Morgan fingerprint density at radius 1 is 1.18 bits per heavy atom. The first-order valence-corrected chi connectivity index (χ1v) is 7.64. The Kier molecular flexibility index (Phi) is 5.54. The van der Waals surface area contributed by atoms with Gasteiger partial charge in [-0.1, -0.05) is 0 Å². The van der Waals surface area contributed by atoms with Gasteiger partial charge in [0.1, 0.15) is 0 Å². The predicted octanol–water partition coefficient (Wildman–Crippen LogP) is 1.59. The zero-order chi connectivity index (χ0) is 15.9. The number of H-pyrrole nitrogens is 2. The molecular weight excluding hydrogens is 306 g/mol. The number of aromatic nitrogens is 2. The van der Waals surface area contributed by atoms with Gasteiger partial charge in [-0.15, -0.1) is 11.8 Å². The van der Waals surface area contributed by atoms with Crippen LogP contribution in [0.4, 0.5) is 5.69 Å². The van der Waals surface area contributed by atoms with E-state index >= 15 is 0 Å². The highest BCUT2D eigenvalue weighted by Gasteiger charge is 2.08. The van der Waals surface area contributed by atoms with E-state index in [2.05, 4.69) is 15.5 Å². The second-order valence-electron chi connectivity index (χ2n) is 4.39. The van der Waals surface area contributed by atoms with Crippen LogP contribution in [0.15, 0.2) is 29.1 Å². The van der Waals surface area contributed by atoms with E-state index in [1.165, 1.54) is 24.9 Å². The van der Waals surface area contributed by atoms with Crippen molar-refractivity contribution in [3.63, 3.8) is 0 Å². The Labute approximate surface area is 131 Å². The average Bonchev–Trinajstić information content (AvgIpc) is 2.92. The van der Waals surface area contributed by atoms with Crippen LogP contribution in [0.2, 0.25) is 0 Å². The van der Waals surface area contributed by atoms with E-state index in [0.29, 0.717) is 22.9 Å². The monoisotopic (exact) mass is 323 g/mol. The molecule has 0 fully saturated rings. The smallest absolute Gasteiger partial charge is 0.264 e. The van der Waals surface area contributed by atoms with Crippen molar-refractivity contribution in [2.75, 3.05) is 25.3 Å². The minimum Gasteiger partial charge on any atom is -0.493 e. The Morgan fingerprint density at radius 3 is 2.59 bits per heavy atom. The van der Waals surface area contributed by atoms with E-state index < -0.39 is 0 Å². The van der Waals surface area contributed by atoms with E-state index in [1.807, 2.05) is 0 Å². The quantitative estimate of drug-likeness (QED) is 0.719. The average molecular weight is 323 g/mol. The predicted molar refractivity (Wildman–Crippen MR) is 85.8 cm³/mol. The van der Waals surface area contributed by atoms with Gasteiger partial charge in [0, 0.05) is 29.3 Å². The number of amides is 1. The summed E-state index contributed by atoms with van der Waals surface area (Å²) in [6.07, 6.45) is 0. The molecule has 3 N–H and O–H groups in total. The largest absolute Gasteiger partial charge is 0.493 e. The number of nitrogens with one attached hydrogen (secondary N) is 3. The van der Waals surface area contributed by atoms with Crippen molar-refractivity contribution in [2.24, 2.45) is 0 Å². The van der Waals surface area contributed by atoms with Crippen LogP contribution >= 0.6 is 11.8 Å². The fourth-order valence-electron chi connectivity index (χ4n) is 1.81. The van der Waals surface area contributed by atoms with E-state index in [0.717, 1.165) is 5.69 Å². The highest BCUT2D eigenvalue weighted by atomic mass is 32.2. The minimum atomic E-state index is -0.176. The molecule has 22 heavy (non-hydrogen) atoms. The molecular formula is C14H17N3O4S. The molecule has 118 valence electrons. The number of aromatic amines is 2. The zero-order valence-corrected chi connectivity index (χ0v) is 13.1. The van der Waals surface area contributed by atoms with Crippen LogP contribution in [0.5, 0.6) is 11.5 Å². The number of methoxy groups -OCH3 is 2. The van der Waals surface area contributed by atoms with Gasteiger partial charge in [0.2, 0.25) is 5.91 Å². The van der Waals surface area contributed by atoms with Gasteiger partial charge >= 0.3 is 0 Å². The molecule has 0 aliphatic rings. The van der Waals surface area contributed by atoms with Crippen LogP contribution in [0.1, 0.15) is 5.69 Å². The molecule has 0 bridgehead atoms. The summed E-state index contributed by atoms with van der Waals surface area (Å²) < 4.78 is 10.3. The van der Waals surface area contributed by atoms with Crippen LogP contribution in [0.3, 0.4) is 0 Å². The lowest BCUT2D eigenvalue weighted by molar-refractivity contribution is -0.113. The molecule has 0 radical (unpaired) electrons. The Balaban J connectivity index is 1.85. The molecule has 0 spiro atoms. The maximum absolute atomic E-state index is 11.9. The topological polar surface area (TPSA) is 96.2 Å². The van der Waals surface area contributed by atoms with E-state index in [4.69, 9.17) is 9.47 Å². The maximum Gasteiger partial charge on any atom is 0.264 e. The molecule has 1 aromatic carbocycles. The normalized spacial score (nSPS) is 10.3. The van der Waals surface area contributed by atoms with Gasteiger partial charge in [0.05, 0.1) is 20.0 Å². The number of carbonyl (C=O) groups is 1. The third kappa shape index (κ3) is 4.32. The van der Waals surface area contributed by atoms with Crippen LogP contribution in [0, 0.1) is 0 Å². The summed E-state index contributed by atoms with van der Waals surface area (Å²) >= 11 is 1.41. The van der Waals surface area contributed by atoms with Crippen molar-refractivity contribution in [1.82, 2.24) is 10.2 Å². The van der Waals surface area contributed by atoms with E-state index in [9.17, 15) is 9.59 Å². The summed E-state index contributed by atoms with van der Waals surface area (Å²) in [6.45, 7) is 0. The molecule has 0 saturated heterocycles. The number of hydrogen-bond acceptors (Lipinski definition) is 5. The van der Waals surface area contributed by atoms with Gasteiger partial charge in [-0.05, 0) is 12.1 Å². The second-order valence-corrected chi connectivity index (χ2v) is 5.38. The lowest BCUT2D eigenvalue weighted by Crippen LogP contribution is -2.14. The standard InChI is InChI=1S/C14H17N3O4S/c1-20-11-4-3-9(5-12(11)21-2)15-14(19)8-22-7-10-6-13(18)17-16-10/h3-6H,7-8H2,1-2H3,(H,15,19)(H2,16,17,18). The maximum atomic E-state index is 11.9. The molecule has 0 unspecified atom stereocenters. The fourth-order valence-corrected chi connectivity index (χ4v) is 2.55. The third-order valence-corrected chi connectivity index (χ3v) is 3.79. The first-order chi connectivity index (χ1) is 10.6. The van der Waals surface area contributed by atoms with Gasteiger partial charge in [0.15, 0.2) is 11.5 Å². The van der Waals surface area contributed by atoms with Crippen LogP contribution in [-0.4, -0.2) is 36.1 Å². The van der Waals surface area contributed by atoms with Gasteiger partial charge in [-0.2, -0.15) is 0 Å². The zero-order valence-electron chi connectivity index (χ0n) is 12.3. The summed E-state index contributed by atoms with van der Waals surface area (Å²) in [5.74, 6) is 1.86. The fraction of sp³-hybridized carbons (Fsp3) is 0.286. The van der Waals surface area contributed by atoms with Crippen molar-refractivity contribution in [3.8, 4) is 11.5 Å². The minimum absolute atomic E-state index is 0.130. The van der Waals surface area contributed by atoms with Crippen molar-refractivity contribution in [1.29, 1.82) is 0 Å². The molecule has 1 heterocycles. The molecule has 0 saturated carbocycles. The molecule has 0 aliphatic carbocycles. The molecule has 7 nitrogen and oxygen atoms in total. The molecule has 2 rings (SSSR count). The third-order valence-electron chi connectivity index (χ3n) is 2.81. The Hall–Kier alpha value is -2.35. The van der Waals surface area contributed by atoms with E-state index in [-0.39, 0.29) is 17.2 Å². The first-order valence-electron chi connectivity index (χ1n) is 6.48. The lowest BCUT2D eigenvalue weighted by atomic mass is 10.2.